The van der Waals surface area contributed by atoms with E-state index in [1.54, 1.807) is 43.4 Å². The Morgan fingerprint density at radius 2 is 1.14 bits per heavy atom. The minimum absolute atomic E-state index is 0.0227. The number of benzene rings is 2. The van der Waals surface area contributed by atoms with Gasteiger partial charge in [0.15, 0.2) is 0 Å². The maximum Gasteiger partial charge on any atom is 0.149 e. The molecule has 5 N–H and O–H groups in total. The van der Waals surface area contributed by atoms with Crippen LogP contribution in [0.1, 0.15) is 12.8 Å². The van der Waals surface area contributed by atoms with Gasteiger partial charge in [0.2, 0.25) is 0 Å². The van der Waals surface area contributed by atoms with Crippen molar-refractivity contribution in [2.45, 2.75) is 12.8 Å². The first-order valence-electron chi connectivity index (χ1n) is 18.9. The molecule has 0 spiro atoms. The largest absolute Gasteiger partial charge is 0.394 e. The third-order valence-corrected chi connectivity index (χ3v) is 9.12. The van der Waals surface area contributed by atoms with Crippen LogP contribution in [0.3, 0.4) is 0 Å². The third kappa shape index (κ3) is 14.2. The van der Waals surface area contributed by atoms with E-state index in [1.165, 1.54) is 0 Å². The van der Waals surface area contributed by atoms with E-state index in [4.69, 9.17) is 42.5 Å². The van der Waals surface area contributed by atoms with Crippen molar-refractivity contribution in [1.29, 1.82) is 0 Å². The van der Waals surface area contributed by atoms with Crippen LogP contribution in [0.25, 0.3) is 22.5 Å². The monoisotopic (exact) mass is 824 g/mol. The number of aromatic nitrogens is 6. The SMILES string of the molecule is Clc1cccc(Nc2cncc(-c3cncc(NCC4CCOCC4)c3)n2)c1.OCCOCCOCCNc1cncc(-c2cncc(Nc3cccc(Cl)c3)n2)c1. The Morgan fingerprint density at radius 3 is 1.69 bits per heavy atom. The molecule has 58 heavy (non-hydrogen) atoms. The molecule has 2 aromatic carbocycles. The fraction of sp³-hybridized carbons (Fsp3) is 0.286. The van der Waals surface area contributed by atoms with Crippen LogP contribution in [0.5, 0.6) is 0 Å². The highest BCUT2D eigenvalue weighted by atomic mass is 35.5. The first-order chi connectivity index (χ1) is 28.5. The zero-order valence-corrected chi connectivity index (χ0v) is 33.4. The van der Waals surface area contributed by atoms with Gasteiger partial charge >= 0.3 is 0 Å². The van der Waals surface area contributed by atoms with Crippen LogP contribution in [-0.2, 0) is 14.2 Å². The number of nitrogens with zero attached hydrogens (tertiary/aromatic N) is 6. The van der Waals surface area contributed by atoms with Crippen LogP contribution in [0.2, 0.25) is 10.0 Å². The van der Waals surface area contributed by atoms with Crippen LogP contribution in [0.4, 0.5) is 34.4 Å². The second-order valence-electron chi connectivity index (χ2n) is 13.1. The molecule has 0 saturated carbocycles. The lowest BCUT2D eigenvalue weighted by atomic mass is 10.0. The topological polar surface area (TPSA) is 173 Å². The molecule has 1 aliphatic rings. The first kappa shape index (κ1) is 42.1. The van der Waals surface area contributed by atoms with Crippen molar-refractivity contribution in [3.8, 4) is 22.5 Å². The average molecular weight is 826 g/mol. The fourth-order valence-electron chi connectivity index (χ4n) is 5.78. The molecule has 16 heteroatoms. The highest BCUT2D eigenvalue weighted by Crippen LogP contribution is 2.25. The van der Waals surface area contributed by atoms with E-state index in [-0.39, 0.29) is 6.61 Å². The van der Waals surface area contributed by atoms with E-state index >= 15 is 0 Å². The van der Waals surface area contributed by atoms with E-state index in [9.17, 15) is 0 Å². The number of hydrogen-bond acceptors (Lipinski definition) is 14. The minimum Gasteiger partial charge on any atom is -0.394 e. The molecule has 0 unspecified atom stereocenters. The number of nitrogens with one attached hydrogen (secondary N) is 4. The maximum atomic E-state index is 8.63. The smallest absolute Gasteiger partial charge is 0.149 e. The van der Waals surface area contributed by atoms with Gasteiger partial charge in [-0.3, -0.25) is 19.9 Å². The van der Waals surface area contributed by atoms with Crippen molar-refractivity contribution in [3.63, 3.8) is 0 Å². The molecule has 1 saturated heterocycles. The van der Waals surface area contributed by atoms with E-state index in [0.717, 1.165) is 72.2 Å². The average Bonchev–Trinajstić information content (AvgIpc) is 3.25. The molecular weight excluding hydrogens is 779 g/mol. The van der Waals surface area contributed by atoms with E-state index in [2.05, 4.69) is 57.2 Å². The number of ether oxygens (including phenoxy) is 3. The van der Waals surface area contributed by atoms with E-state index in [1.807, 2.05) is 60.8 Å². The molecule has 1 aliphatic heterocycles. The molecule has 0 radical (unpaired) electrons. The normalized spacial score (nSPS) is 12.6. The van der Waals surface area contributed by atoms with Gasteiger partial charge in [0.1, 0.15) is 11.6 Å². The van der Waals surface area contributed by atoms with Crippen molar-refractivity contribution < 1.29 is 19.3 Å². The van der Waals surface area contributed by atoms with Crippen LogP contribution >= 0.6 is 23.2 Å². The van der Waals surface area contributed by atoms with Crippen LogP contribution < -0.4 is 21.3 Å². The number of hydrogen-bond donors (Lipinski definition) is 5. The Balaban J connectivity index is 0.000000196. The van der Waals surface area contributed by atoms with Crippen molar-refractivity contribution >= 4 is 57.6 Å². The van der Waals surface area contributed by atoms with Gasteiger partial charge in [-0.05, 0) is 67.3 Å². The summed E-state index contributed by atoms with van der Waals surface area (Å²) in [6.07, 6.45) is 16.1. The van der Waals surface area contributed by atoms with Gasteiger partial charge < -0.3 is 40.6 Å². The summed E-state index contributed by atoms with van der Waals surface area (Å²) in [5, 5.41) is 23.1. The summed E-state index contributed by atoms with van der Waals surface area (Å²) in [5.74, 6) is 1.91. The number of anilines is 6. The molecule has 0 bridgehead atoms. The second kappa shape index (κ2) is 23.1. The fourth-order valence-corrected chi connectivity index (χ4v) is 6.16. The molecular formula is C42H46Cl2N10O4. The molecule has 6 aromatic rings. The van der Waals surface area contributed by atoms with Crippen LogP contribution in [-0.4, -0.2) is 94.3 Å². The lowest BCUT2D eigenvalue weighted by Crippen LogP contribution is -2.22. The molecule has 7 rings (SSSR count). The quantitative estimate of drug-likeness (QED) is 0.0526. The van der Waals surface area contributed by atoms with Crippen molar-refractivity contribution in [2.75, 3.05) is 80.6 Å². The molecule has 0 atom stereocenters. The Morgan fingerprint density at radius 1 is 0.603 bits per heavy atom. The van der Waals surface area contributed by atoms with Crippen molar-refractivity contribution in [2.24, 2.45) is 5.92 Å². The lowest BCUT2D eigenvalue weighted by Gasteiger charge is -2.22. The van der Waals surface area contributed by atoms with Gasteiger partial charge in [-0.2, -0.15) is 0 Å². The number of aliphatic hydroxyl groups excluding tert-OH is 1. The van der Waals surface area contributed by atoms with Crippen LogP contribution in [0, 0.1) is 5.92 Å². The van der Waals surface area contributed by atoms with Gasteiger partial charge in [0, 0.05) is 83.6 Å². The van der Waals surface area contributed by atoms with Crippen LogP contribution in [0.15, 0.2) is 110 Å². The Labute approximate surface area is 347 Å². The van der Waals surface area contributed by atoms with Crippen molar-refractivity contribution in [3.05, 3.63) is 120 Å². The first-order valence-corrected chi connectivity index (χ1v) is 19.7. The number of rotatable bonds is 18. The summed E-state index contributed by atoms with van der Waals surface area (Å²) in [6, 6.07) is 18.9. The number of pyridine rings is 2. The highest BCUT2D eigenvalue weighted by Gasteiger charge is 2.14. The van der Waals surface area contributed by atoms with Gasteiger partial charge in [0.05, 0.1) is 80.6 Å². The Bertz CT molecular complexity index is 2160. The van der Waals surface area contributed by atoms with Gasteiger partial charge in [-0.15, -0.1) is 0 Å². The summed E-state index contributed by atoms with van der Waals surface area (Å²) >= 11 is 12.1. The van der Waals surface area contributed by atoms with Gasteiger partial charge in [0.25, 0.3) is 0 Å². The predicted molar refractivity (Wildman–Crippen MR) is 229 cm³/mol. The molecule has 4 aromatic heterocycles. The maximum absolute atomic E-state index is 8.63. The summed E-state index contributed by atoms with van der Waals surface area (Å²) < 4.78 is 16.0. The third-order valence-electron chi connectivity index (χ3n) is 8.65. The summed E-state index contributed by atoms with van der Waals surface area (Å²) in [7, 11) is 0. The molecule has 0 aliphatic carbocycles. The van der Waals surface area contributed by atoms with Gasteiger partial charge in [-0.1, -0.05) is 35.3 Å². The molecule has 5 heterocycles. The standard InChI is InChI=1S/C21H24ClN5O3.C21H22ClN5O/c22-17-2-1-3-18(11-17)26-21-15-24-14-20(27-21)16-10-19(13-23-12-16)25-4-6-29-8-9-30-7-5-28;22-17-2-1-3-18(9-17)26-21-14-24-13-20(27-21)16-8-19(12-23-11-16)25-10-15-4-6-28-7-5-15/h1-3,10-15,25,28H,4-9H2,(H,26,27);1-3,8-9,11-15,25H,4-7,10H2,(H,26,27). The van der Waals surface area contributed by atoms with Crippen molar-refractivity contribution in [1.82, 2.24) is 29.9 Å². The Kier molecular flexibility index (Phi) is 16.7. The van der Waals surface area contributed by atoms with E-state index in [0.29, 0.717) is 66.3 Å². The molecule has 302 valence electrons. The van der Waals surface area contributed by atoms with Gasteiger partial charge in [-0.25, -0.2) is 9.97 Å². The zero-order chi connectivity index (χ0) is 40.2. The summed E-state index contributed by atoms with van der Waals surface area (Å²) in [5.41, 5.74) is 6.78. The highest BCUT2D eigenvalue weighted by molar-refractivity contribution is 6.31. The zero-order valence-electron chi connectivity index (χ0n) is 31.9. The second-order valence-corrected chi connectivity index (χ2v) is 14.0. The predicted octanol–water partition coefficient (Wildman–Crippen LogP) is 8.15. The molecule has 1 fully saturated rings. The lowest BCUT2D eigenvalue weighted by molar-refractivity contribution is 0.0361. The molecule has 0 amide bonds. The van der Waals surface area contributed by atoms with E-state index < -0.39 is 0 Å². The minimum atomic E-state index is 0.0227. The number of halogens is 2. The summed E-state index contributed by atoms with van der Waals surface area (Å²) in [4.78, 5) is 26.5. The molecule has 14 nitrogen and oxygen atoms in total. The summed E-state index contributed by atoms with van der Waals surface area (Å²) in [6.45, 7) is 5.11. The Hall–Kier alpha value is -5.48. The number of aliphatic hydroxyl groups is 1.